The summed E-state index contributed by atoms with van der Waals surface area (Å²) in [5.41, 5.74) is 0.812. The largest absolute Gasteiger partial charge is 0.364 e. The van der Waals surface area contributed by atoms with Crippen molar-refractivity contribution in [2.75, 3.05) is 0 Å². The molecule has 1 aliphatic rings. The lowest BCUT2D eigenvalue weighted by Gasteiger charge is -2.23. The summed E-state index contributed by atoms with van der Waals surface area (Å²) in [6.45, 7) is 1.80. The van der Waals surface area contributed by atoms with Gasteiger partial charge in [0.05, 0.1) is 0 Å². The zero-order valence-electron chi connectivity index (χ0n) is 5.60. The molecule has 1 rings (SSSR count). The molecule has 0 aliphatic carbocycles. The van der Waals surface area contributed by atoms with Gasteiger partial charge in [-0.2, -0.15) is 0 Å². The minimum atomic E-state index is -1.01. The summed E-state index contributed by atoms with van der Waals surface area (Å²) < 4.78 is 0. The van der Waals surface area contributed by atoms with Crippen molar-refractivity contribution in [3.63, 3.8) is 0 Å². The number of hydrogen-bond donors (Lipinski definition) is 1. The van der Waals surface area contributed by atoms with Crippen LogP contribution in [0.2, 0.25) is 0 Å². The number of carbonyl (C=O) groups is 1. The van der Waals surface area contributed by atoms with Crippen LogP contribution >= 0.6 is 11.6 Å². The highest BCUT2D eigenvalue weighted by molar-refractivity contribution is 6.33. The number of aldehydes is 1. The number of rotatable bonds is 1. The molecule has 54 valence electrons. The summed E-state index contributed by atoms with van der Waals surface area (Å²) in [5.74, 6) is 0. The molecule has 10 heavy (non-hydrogen) atoms. The molecule has 0 aromatic heterocycles. The number of halogens is 1. The highest BCUT2D eigenvalue weighted by atomic mass is 35.5. The molecule has 2 nitrogen and oxygen atoms in total. The van der Waals surface area contributed by atoms with E-state index < -0.39 is 5.00 Å². The van der Waals surface area contributed by atoms with Crippen molar-refractivity contribution in [2.24, 2.45) is 0 Å². The van der Waals surface area contributed by atoms with Crippen LogP contribution in [0.3, 0.4) is 0 Å². The van der Waals surface area contributed by atoms with Crippen molar-refractivity contribution in [2.45, 2.75) is 11.9 Å². The predicted molar refractivity (Wildman–Crippen MR) is 40.7 cm³/mol. The van der Waals surface area contributed by atoms with Crippen LogP contribution in [0.15, 0.2) is 23.9 Å². The standard InChI is InChI=1S/C7H8ClNO/c1-6-3-2-4-9-7(6,8)5-10/h2-5,9H,1H3. The highest BCUT2D eigenvalue weighted by Gasteiger charge is 2.27. The second kappa shape index (κ2) is 2.46. The third-order valence-corrected chi connectivity index (χ3v) is 1.97. The summed E-state index contributed by atoms with van der Waals surface area (Å²) in [4.78, 5) is 9.42. The lowest BCUT2D eigenvalue weighted by molar-refractivity contribution is -0.109. The van der Waals surface area contributed by atoms with E-state index in [4.69, 9.17) is 11.6 Å². The van der Waals surface area contributed by atoms with Crippen LogP contribution < -0.4 is 5.32 Å². The fourth-order valence-electron chi connectivity index (χ4n) is 0.724. The first-order valence-electron chi connectivity index (χ1n) is 2.96. The monoisotopic (exact) mass is 157 g/mol. The van der Waals surface area contributed by atoms with Crippen molar-refractivity contribution in [1.82, 2.24) is 5.32 Å². The Morgan fingerprint density at radius 2 is 2.50 bits per heavy atom. The second-order valence-electron chi connectivity index (χ2n) is 2.18. The maximum Gasteiger partial charge on any atom is 0.190 e. The number of hydrogen-bond acceptors (Lipinski definition) is 2. The van der Waals surface area contributed by atoms with Gasteiger partial charge in [-0.1, -0.05) is 17.7 Å². The molecule has 3 heteroatoms. The van der Waals surface area contributed by atoms with Gasteiger partial charge in [0, 0.05) is 0 Å². The number of allylic oxidation sites excluding steroid dienone is 2. The molecule has 0 radical (unpaired) electrons. The van der Waals surface area contributed by atoms with E-state index in [9.17, 15) is 4.79 Å². The van der Waals surface area contributed by atoms with E-state index in [1.807, 2.05) is 0 Å². The quantitative estimate of drug-likeness (QED) is 0.352. The molecule has 1 atom stereocenters. The third kappa shape index (κ3) is 1.07. The first-order chi connectivity index (χ1) is 4.69. The van der Waals surface area contributed by atoms with Crippen molar-refractivity contribution in [3.05, 3.63) is 23.9 Å². The third-order valence-electron chi connectivity index (χ3n) is 1.47. The first kappa shape index (κ1) is 7.35. The molecule has 0 saturated carbocycles. The van der Waals surface area contributed by atoms with Crippen LogP contribution in [0.25, 0.3) is 0 Å². The maximum atomic E-state index is 10.4. The maximum absolute atomic E-state index is 10.4. The Morgan fingerprint density at radius 3 is 2.90 bits per heavy atom. The molecule has 1 unspecified atom stereocenters. The zero-order chi connectivity index (χ0) is 7.61. The Balaban J connectivity index is 2.91. The van der Waals surface area contributed by atoms with Gasteiger partial charge in [0.15, 0.2) is 11.3 Å². The minimum absolute atomic E-state index is 0.684. The van der Waals surface area contributed by atoms with Crippen molar-refractivity contribution in [3.8, 4) is 0 Å². The lowest BCUT2D eigenvalue weighted by atomic mass is 10.1. The van der Waals surface area contributed by atoms with Gasteiger partial charge in [-0.25, -0.2) is 0 Å². The second-order valence-corrected chi connectivity index (χ2v) is 2.78. The van der Waals surface area contributed by atoms with Gasteiger partial charge in [0.25, 0.3) is 0 Å². The average molecular weight is 158 g/mol. The molecule has 0 aromatic rings. The zero-order valence-corrected chi connectivity index (χ0v) is 6.35. The number of dihydropyridines is 1. The van der Waals surface area contributed by atoms with E-state index in [-0.39, 0.29) is 0 Å². The van der Waals surface area contributed by atoms with E-state index in [1.165, 1.54) is 0 Å². The minimum Gasteiger partial charge on any atom is -0.364 e. The summed E-state index contributed by atoms with van der Waals surface area (Å²) in [5, 5.41) is 2.74. The SMILES string of the molecule is CC1=CC=CNC1(Cl)C=O. The Morgan fingerprint density at radius 1 is 1.80 bits per heavy atom. The first-order valence-corrected chi connectivity index (χ1v) is 3.34. The molecule has 0 amide bonds. The molecule has 1 aliphatic heterocycles. The average Bonchev–Trinajstić information content (AvgIpc) is 1.96. The van der Waals surface area contributed by atoms with Crippen LogP contribution in [0.5, 0.6) is 0 Å². The molecule has 1 heterocycles. The van der Waals surface area contributed by atoms with Crippen LogP contribution in [-0.4, -0.2) is 11.3 Å². The Hall–Kier alpha value is -0.760. The molecule has 0 fully saturated rings. The van der Waals surface area contributed by atoms with Crippen molar-refractivity contribution >= 4 is 17.9 Å². The van der Waals surface area contributed by atoms with E-state index >= 15 is 0 Å². The highest BCUT2D eigenvalue weighted by Crippen LogP contribution is 2.21. The fourth-order valence-corrected chi connectivity index (χ4v) is 0.850. The summed E-state index contributed by atoms with van der Waals surface area (Å²) in [6.07, 6.45) is 5.94. The van der Waals surface area contributed by atoms with Gasteiger partial charge in [-0.3, -0.25) is 4.79 Å². The Kier molecular flexibility index (Phi) is 1.81. The van der Waals surface area contributed by atoms with Crippen LogP contribution in [0.4, 0.5) is 0 Å². The fraction of sp³-hybridized carbons (Fsp3) is 0.286. The Bertz CT molecular complexity index is 210. The number of nitrogens with one attached hydrogen (secondary N) is 1. The van der Waals surface area contributed by atoms with Gasteiger partial charge >= 0.3 is 0 Å². The smallest absolute Gasteiger partial charge is 0.190 e. The van der Waals surface area contributed by atoms with Crippen LogP contribution in [-0.2, 0) is 4.79 Å². The van der Waals surface area contributed by atoms with Crippen LogP contribution in [0.1, 0.15) is 6.92 Å². The molecule has 0 saturated heterocycles. The van der Waals surface area contributed by atoms with Crippen molar-refractivity contribution < 1.29 is 4.79 Å². The summed E-state index contributed by atoms with van der Waals surface area (Å²) in [6, 6.07) is 0. The topological polar surface area (TPSA) is 29.1 Å². The van der Waals surface area contributed by atoms with Gasteiger partial charge in [0.2, 0.25) is 0 Å². The molecule has 0 spiro atoms. The van der Waals surface area contributed by atoms with Gasteiger partial charge in [-0.05, 0) is 24.8 Å². The van der Waals surface area contributed by atoms with Gasteiger partial charge < -0.3 is 5.32 Å². The molecule has 0 bridgehead atoms. The number of alkyl halides is 1. The van der Waals surface area contributed by atoms with Crippen molar-refractivity contribution in [1.29, 1.82) is 0 Å². The van der Waals surface area contributed by atoms with Gasteiger partial charge in [-0.15, -0.1) is 0 Å². The lowest BCUT2D eigenvalue weighted by Crippen LogP contribution is -2.40. The molecular weight excluding hydrogens is 150 g/mol. The van der Waals surface area contributed by atoms with Crippen LogP contribution in [0, 0.1) is 0 Å². The molecule has 1 N–H and O–H groups in total. The van der Waals surface area contributed by atoms with E-state index in [0.29, 0.717) is 6.29 Å². The summed E-state index contributed by atoms with van der Waals surface area (Å²) in [7, 11) is 0. The van der Waals surface area contributed by atoms with Gasteiger partial charge in [0.1, 0.15) is 0 Å². The normalized spacial score (nSPS) is 30.8. The molecular formula is C7H8ClNO. The predicted octanol–water partition coefficient (Wildman–Crippen LogP) is 1.18. The van der Waals surface area contributed by atoms with E-state index in [0.717, 1.165) is 5.57 Å². The Labute approximate surface area is 64.6 Å². The summed E-state index contributed by atoms with van der Waals surface area (Å²) >= 11 is 5.81. The van der Waals surface area contributed by atoms with E-state index in [2.05, 4.69) is 5.32 Å². The number of carbonyl (C=O) groups excluding carboxylic acids is 1. The molecule has 0 aromatic carbocycles. The van der Waals surface area contributed by atoms with E-state index in [1.54, 1.807) is 25.3 Å².